The summed E-state index contributed by atoms with van der Waals surface area (Å²) in [7, 11) is 1.73. The van der Waals surface area contributed by atoms with Crippen LogP contribution in [0.5, 0.6) is 0 Å². The van der Waals surface area contributed by atoms with Crippen molar-refractivity contribution in [1.29, 1.82) is 0 Å². The Kier molecular flexibility index (Phi) is 3.41. The number of amides is 1. The highest BCUT2D eigenvalue weighted by atomic mass is 16.2. The number of aryl methyl sites for hydroxylation is 1. The Hall–Kier alpha value is -2.17. The number of hydrogen-bond acceptors (Lipinski definition) is 3. The number of benzene rings is 1. The zero-order valence-corrected chi connectivity index (χ0v) is 10.7. The standard InChI is InChI=1S/C13H16N4O/c1-9(2)10-6-4-5-7-11(10)14-13(18)12-8-17(3)16-15-12/h4-9H,1-3H3,(H,14,18). The van der Waals surface area contributed by atoms with Crippen LogP contribution in [0, 0.1) is 0 Å². The van der Waals surface area contributed by atoms with Gasteiger partial charge in [-0.2, -0.15) is 0 Å². The fraction of sp³-hybridized carbons (Fsp3) is 0.308. The number of hydrogen-bond donors (Lipinski definition) is 1. The van der Waals surface area contributed by atoms with E-state index in [-0.39, 0.29) is 5.91 Å². The van der Waals surface area contributed by atoms with Crippen LogP contribution in [0.2, 0.25) is 0 Å². The van der Waals surface area contributed by atoms with E-state index in [0.29, 0.717) is 11.6 Å². The molecule has 5 heteroatoms. The third-order valence-corrected chi connectivity index (χ3v) is 2.67. The first-order chi connectivity index (χ1) is 8.58. The summed E-state index contributed by atoms with van der Waals surface area (Å²) in [5.74, 6) is 0.111. The number of nitrogens with one attached hydrogen (secondary N) is 1. The van der Waals surface area contributed by atoms with Crippen LogP contribution >= 0.6 is 0 Å². The van der Waals surface area contributed by atoms with Crippen molar-refractivity contribution < 1.29 is 4.79 Å². The number of carbonyl (C=O) groups excluding carboxylic acids is 1. The fourth-order valence-electron chi connectivity index (χ4n) is 1.75. The van der Waals surface area contributed by atoms with E-state index in [1.807, 2.05) is 24.3 Å². The molecule has 1 heterocycles. The summed E-state index contributed by atoms with van der Waals surface area (Å²) in [4.78, 5) is 12.0. The monoisotopic (exact) mass is 244 g/mol. The highest BCUT2D eigenvalue weighted by Gasteiger charge is 2.13. The van der Waals surface area contributed by atoms with E-state index in [1.54, 1.807) is 13.2 Å². The predicted octanol–water partition coefficient (Wildman–Crippen LogP) is 2.19. The molecule has 0 bridgehead atoms. The van der Waals surface area contributed by atoms with E-state index in [0.717, 1.165) is 11.3 Å². The molecule has 0 aliphatic heterocycles. The maximum atomic E-state index is 12.0. The Balaban J connectivity index is 2.22. The molecule has 0 atom stereocenters. The number of carbonyl (C=O) groups is 1. The van der Waals surface area contributed by atoms with Crippen molar-refractivity contribution in [3.05, 3.63) is 41.7 Å². The molecule has 0 unspecified atom stereocenters. The Morgan fingerprint density at radius 1 is 1.33 bits per heavy atom. The van der Waals surface area contributed by atoms with E-state index in [1.165, 1.54) is 4.68 Å². The van der Waals surface area contributed by atoms with Crippen molar-refractivity contribution >= 4 is 11.6 Å². The van der Waals surface area contributed by atoms with Gasteiger partial charge in [-0.15, -0.1) is 5.10 Å². The van der Waals surface area contributed by atoms with Gasteiger partial charge >= 0.3 is 0 Å². The molecule has 2 aromatic rings. The third-order valence-electron chi connectivity index (χ3n) is 2.67. The summed E-state index contributed by atoms with van der Waals surface area (Å²) in [6.07, 6.45) is 1.59. The molecule has 94 valence electrons. The first-order valence-electron chi connectivity index (χ1n) is 5.84. The summed E-state index contributed by atoms with van der Waals surface area (Å²) in [5.41, 5.74) is 2.24. The van der Waals surface area contributed by atoms with Crippen LogP contribution in [0.3, 0.4) is 0 Å². The first kappa shape index (κ1) is 12.3. The van der Waals surface area contributed by atoms with Crippen molar-refractivity contribution in [2.45, 2.75) is 19.8 Å². The largest absolute Gasteiger partial charge is 0.320 e. The number of nitrogens with zero attached hydrogens (tertiary/aromatic N) is 3. The normalized spacial score (nSPS) is 10.7. The summed E-state index contributed by atoms with van der Waals surface area (Å²) in [5, 5.41) is 10.4. The van der Waals surface area contributed by atoms with E-state index in [2.05, 4.69) is 29.5 Å². The second-order valence-electron chi connectivity index (χ2n) is 4.47. The molecule has 5 nitrogen and oxygen atoms in total. The molecule has 1 aromatic heterocycles. The number of rotatable bonds is 3. The Morgan fingerprint density at radius 2 is 2.06 bits per heavy atom. The summed E-state index contributed by atoms with van der Waals surface area (Å²) in [6.45, 7) is 4.18. The van der Waals surface area contributed by atoms with Crippen LogP contribution in [0.15, 0.2) is 30.5 Å². The molecule has 0 aliphatic carbocycles. The van der Waals surface area contributed by atoms with Gasteiger partial charge < -0.3 is 5.32 Å². The number of anilines is 1. The van der Waals surface area contributed by atoms with Crippen LogP contribution in [-0.4, -0.2) is 20.9 Å². The van der Waals surface area contributed by atoms with Gasteiger partial charge in [-0.05, 0) is 17.5 Å². The van der Waals surface area contributed by atoms with Crippen molar-refractivity contribution in [3.8, 4) is 0 Å². The molecule has 0 fully saturated rings. The molecule has 0 spiro atoms. The SMILES string of the molecule is CC(C)c1ccccc1NC(=O)c1cn(C)nn1. The van der Waals surface area contributed by atoms with Gasteiger partial charge in [0.1, 0.15) is 0 Å². The van der Waals surface area contributed by atoms with Gasteiger partial charge in [0.05, 0.1) is 6.20 Å². The van der Waals surface area contributed by atoms with E-state index >= 15 is 0 Å². The molecule has 0 saturated heterocycles. The maximum absolute atomic E-state index is 12.0. The van der Waals surface area contributed by atoms with Gasteiger partial charge in [0.15, 0.2) is 5.69 Å². The van der Waals surface area contributed by atoms with Crippen molar-refractivity contribution in [2.75, 3.05) is 5.32 Å². The van der Waals surface area contributed by atoms with Crippen LogP contribution < -0.4 is 5.32 Å². The van der Waals surface area contributed by atoms with Crippen LogP contribution in [0.1, 0.15) is 35.8 Å². The molecule has 2 rings (SSSR count). The minimum absolute atomic E-state index is 0.240. The lowest BCUT2D eigenvalue weighted by molar-refractivity contribution is 0.102. The van der Waals surface area contributed by atoms with Crippen molar-refractivity contribution in [2.24, 2.45) is 7.05 Å². The Bertz CT molecular complexity index is 560. The zero-order chi connectivity index (χ0) is 13.1. The van der Waals surface area contributed by atoms with E-state index in [9.17, 15) is 4.79 Å². The third kappa shape index (κ3) is 2.56. The molecule has 18 heavy (non-hydrogen) atoms. The Morgan fingerprint density at radius 3 is 2.67 bits per heavy atom. The quantitative estimate of drug-likeness (QED) is 0.900. The number of aromatic nitrogens is 3. The minimum atomic E-state index is -0.240. The fourth-order valence-corrected chi connectivity index (χ4v) is 1.75. The molecule has 0 radical (unpaired) electrons. The lowest BCUT2D eigenvalue weighted by Crippen LogP contribution is -2.14. The zero-order valence-electron chi connectivity index (χ0n) is 10.7. The maximum Gasteiger partial charge on any atom is 0.277 e. The van der Waals surface area contributed by atoms with Crippen molar-refractivity contribution in [3.63, 3.8) is 0 Å². The van der Waals surface area contributed by atoms with E-state index in [4.69, 9.17) is 0 Å². The van der Waals surface area contributed by atoms with Crippen LogP contribution in [0.25, 0.3) is 0 Å². The molecule has 1 N–H and O–H groups in total. The average Bonchev–Trinajstić information content (AvgIpc) is 2.76. The molecular formula is C13H16N4O. The van der Waals surface area contributed by atoms with Gasteiger partial charge in [0, 0.05) is 12.7 Å². The second-order valence-corrected chi connectivity index (χ2v) is 4.47. The smallest absolute Gasteiger partial charge is 0.277 e. The molecule has 1 aromatic carbocycles. The lowest BCUT2D eigenvalue weighted by Gasteiger charge is -2.12. The van der Waals surface area contributed by atoms with E-state index < -0.39 is 0 Å². The lowest BCUT2D eigenvalue weighted by atomic mass is 10.0. The first-order valence-corrected chi connectivity index (χ1v) is 5.84. The second kappa shape index (κ2) is 5.00. The van der Waals surface area contributed by atoms with Gasteiger partial charge in [0.2, 0.25) is 0 Å². The van der Waals surface area contributed by atoms with Gasteiger partial charge in [-0.1, -0.05) is 37.3 Å². The Labute approximate surface area is 106 Å². The predicted molar refractivity (Wildman–Crippen MR) is 69.5 cm³/mol. The molecule has 0 saturated carbocycles. The van der Waals surface area contributed by atoms with Crippen molar-refractivity contribution in [1.82, 2.24) is 15.0 Å². The number of para-hydroxylation sites is 1. The average molecular weight is 244 g/mol. The minimum Gasteiger partial charge on any atom is -0.320 e. The molecule has 0 aliphatic rings. The van der Waals surface area contributed by atoms with Crippen LogP contribution in [0.4, 0.5) is 5.69 Å². The highest BCUT2D eigenvalue weighted by molar-refractivity contribution is 6.03. The topological polar surface area (TPSA) is 59.8 Å². The molecular weight excluding hydrogens is 228 g/mol. The van der Waals surface area contributed by atoms with Gasteiger partial charge in [-0.25, -0.2) is 0 Å². The van der Waals surface area contributed by atoms with Gasteiger partial charge in [-0.3, -0.25) is 9.48 Å². The highest BCUT2D eigenvalue weighted by Crippen LogP contribution is 2.23. The molecule has 1 amide bonds. The summed E-state index contributed by atoms with van der Waals surface area (Å²) < 4.78 is 1.50. The summed E-state index contributed by atoms with van der Waals surface area (Å²) >= 11 is 0. The van der Waals surface area contributed by atoms with Crippen LogP contribution in [-0.2, 0) is 7.05 Å². The summed E-state index contributed by atoms with van der Waals surface area (Å²) in [6, 6.07) is 7.77. The van der Waals surface area contributed by atoms with Gasteiger partial charge in [0.25, 0.3) is 5.91 Å².